The molecule has 3 aromatic carbocycles. The van der Waals surface area contributed by atoms with Crippen molar-refractivity contribution < 1.29 is 23.9 Å². The predicted molar refractivity (Wildman–Crippen MR) is 155 cm³/mol. The Morgan fingerprint density at radius 3 is 2.48 bits per heavy atom. The summed E-state index contributed by atoms with van der Waals surface area (Å²) in [5.74, 6) is -0.186. The molecule has 2 N–H and O–H groups in total. The van der Waals surface area contributed by atoms with Gasteiger partial charge in [-0.3, -0.25) is 14.4 Å². The van der Waals surface area contributed by atoms with Crippen molar-refractivity contribution in [1.82, 2.24) is 10.2 Å². The maximum Gasteiger partial charge on any atom is 0.257 e. The Hall–Kier alpha value is -4.68. The summed E-state index contributed by atoms with van der Waals surface area (Å²) in [5.41, 5.74) is 4.27. The number of rotatable bonds is 5. The third kappa shape index (κ3) is 5.71. The number of fused-ring (bicyclic) bond motifs is 3. The van der Waals surface area contributed by atoms with Crippen LogP contribution in [0.5, 0.6) is 5.75 Å². The number of anilines is 1. The number of nitrogens with one attached hydrogen (secondary N) is 2. The predicted octanol–water partition coefficient (Wildman–Crippen LogP) is 3.86. The molecule has 3 aliphatic rings. The molecular weight excluding hydrogens is 532 g/mol. The Morgan fingerprint density at radius 2 is 1.76 bits per heavy atom. The average molecular weight is 565 g/mol. The smallest absolute Gasteiger partial charge is 0.257 e. The molecule has 0 radical (unpaired) electrons. The lowest BCUT2D eigenvalue weighted by atomic mass is 9.94. The Balaban J connectivity index is 1.08. The van der Waals surface area contributed by atoms with Gasteiger partial charge in [0.15, 0.2) is 0 Å². The van der Waals surface area contributed by atoms with Gasteiger partial charge < -0.3 is 25.0 Å². The summed E-state index contributed by atoms with van der Waals surface area (Å²) in [6, 6.07) is 21.5. The monoisotopic (exact) mass is 564 g/mol. The number of carbonyl (C=O) groups is 3. The number of nitriles is 1. The zero-order valence-electron chi connectivity index (χ0n) is 23.3. The molecule has 42 heavy (non-hydrogen) atoms. The summed E-state index contributed by atoms with van der Waals surface area (Å²) in [6.45, 7) is 0.238. The van der Waals surface area contributed by atoms with Crippen LogP contribution < -0.4 is 15.4 Å². The first kappa shape index (κ1) is 27.5. The number of amides is 3. The molecule has 3 aromatic rings. The first-order valence-electron chi connectivity index (χ1n) is 14.2. The van der Waals surface area contributed by atoms with Crippen LogP contribution in [0.25, 0.3) is 0 Å². The molecule has 0 bridgehead atoms. The molecular formula is C33H32N4O5. The summed E-state index contributed by atoms with van der Waals surface area (Å²) in [4.78, 5) is 40.8. The second-order valence-corrected chi connectivity index (χ2v) is 11.2. The molecule has 214 valence electrons. The lowest BCUT2D eigenvalue weighted by Crippen LogP contribution is -2.54. The van der Waals surface area contributed by atoms with Gasteiger partial charge in [0.2, 0.25) is 5.91 Å². The normalized spacial score (nSPS) is 21.5. The fourth-order valence-electron chi connectivity index (χ4n) is 6.16. The van der Waals surface area contributed by atoms with Crippen molar-refractivity contribution in [2.45, 2.75) is 56.4 Å². The van der Waals surface area contributed by atoms with Crippen molar-refractivity contribution in [1.29, 1.82) is 5.26 Å². The fourth-order valence-corrected chi connectivity index (χ4v) is 6.16. The summed E-state index contributed by atoms with van der Waals surface area (Å²) in [6.07, 6.45) is 2.69. The maximum atomic E-state index is 13.6. The number of ether oxygens (including phenoxy) is 2. The van der Waals surface area contributed by atoms with E-state index in [-0.39, 0.29) is 55.0 Å². The molecule has 0 saturated carbocycles. The first-order valence-corrected chi connectivity index (χ1v) is 14.2. The van der Waals surface area contributed by atoms with Gasteiger partial charge in [0, 0.05) is 24.3 Å². The minimum absolute atomic E-state index is 0.0200. The van der Waals surface area contributed by atoms with Gasteiger partial charge in [-0.25, -0.2) is 0 Å². The van der Waals surface area contributed by atoms with Crippen molar-refractivity contribution in [3.63, 3.8) is 0 Å². The van der Waals surface area contributed by atoms with E-state index in [1.165, 1.54) is 11.1 Å². The minimum atomic E-state index is -0.370. The van der Waals surface area contributed by atoms with E-state index >= 15 is 0 Å². The van der Waals surface area contributed by atoms with E-state index in [9.17, 15) is 14.4 Å². The number of carbonyl (C=O) groups excluding carboxylic acids is 3. The number of likely N-dealkylation sites (N-methyl/N-ethyl adjacent to an activating group) is 1. The second kappa shape index (κ2) is 11.7. The molecule has 1 aliphatic carbocycles. The Labute approximate surface area is 244 Å². The van der Waals surface area contributed by atoms with Crippen LogP contribution in [0.2, 0.25) is 0 Å². The van der Waals surface area contributed by atoms with E-state index in [4.69, 9.17) is 14.7 Å². The highest BCUT2D eigenvalue weighted by atomic mass is 16.5. The van der Waals surface area contributed by atoms with E-state index in [0.717, 1.165) is 12.8 Å². The molecule has 9 heteroatoms. The number of hydrogen-bond acceptors (Lipinski definition) is 6. The lowest BCUT2D eigenvalue weighted by molar-refractivity contribution is -0.134. The van der Waals surface area contributed by atoms with Crippen molar-refractivity contribution in [2.75, 3.05) is 19.0 Å². The second-order valence-electron chi connectivity index (χ2n) is 11.2. The minimum Gasteiger partial charge on any atom is -0.490 e. The number of hydrogen-bond donors (Lipinski definition) is 2. The van der Waals surface area contributed by atoms with Crippen molar-refractivity contribution in [3.05, 3.63) is 94.5 Å². The van der Waals surface area contributed by atoms with Crippen LogP contribution in [0.4, 0.5) is 5.69 Å². The van der Waals surface area contributed by atoms with Crippen LogP contribution in [-0.4, -0.2) is 60.6 Å². The van der Waals surface area contributed by atoms with Gasteiger partial charge >= 0.3 is 0 Å². The van der Waals surface area contributed by atoms with Crippen molar-refractivity contribution in [2.24, 2.45) is 0 Å². The first-order chi connectivity index (χ1) is 20.4. The number of nitrogens with zero attached hydrogens (tertiary/aromatic N) is 2. The van der Waals surface area contributed by atoms with Crippen LogP contribution in [-0.2, 0) is 22.4 Å². The Morgan fingerprint density at radius 1 is 1.02 bits per heavy atom. The van der Waals surface area contributed by atoms with Crippen LogP contribution >= 0.6 is 0 Å². The van der Waals surface area contributed by atoms with E-state index in [0.29, 0.717) is 41.0 Å². The molecule has 9 nitrogen and oxygen atoms in total. The fraction of sp³-hybridized carbons (Fsp3) is 0.333. The van der Waals surface area contributed by atoms with Crippen LogP contribution in [0, 0.1) is 11.3 Å². The quantitative estimate of drug-likeness (QED) is 0.486. The van der Waals surface area contributed by atoms with Gasteiger partial charge in [0.05, 0.1) is 35.8 Å². The third-order valence-corrected chi connectivity index (χ3v) is 8.37. The van der Waals surface area contributed by atoms with Crippen LogP contribution in [0.15, 0.2) is 66.7 Å². The zero-order valence-corrected chi connectivity index (χ0v) is 23.3. The maximum absolute atomic E-state index is 13.6. The molecule has 2 heterocycles. The van der Waals surface area contributed by atoms with E-state index < -0.39 is 0 Å². The molecule has 1 saturated heterocycles. The number of benzene rings is 3. The summed E-state index contributed by atoms with van der Waals surface area (Å²) < 4.78 is 12.4. The topological polar surface area (TPSA) is 121 Å². The Bertz CT molecular complexity index is 1540. The molecule has 3 amide bonds. The third-order valence-electron chi connectivity index (χ3n) is 8.37. The zero-order chi connectivity index (χ0) is 29.2. The van der Waals surface area contributed by atoms with Crippen LogP contribution in [0.1, 0.15) is 56.7 Å². The van der Waals surface area contributed by atoms with Gasteiger partial charge in [0.25, 0.3) is 11.8 Å². The Kier molecular flexibility index (Phi) is 7.64. The molecule has 1 fully saturated rings. The van der Waals surface area contributed by atoms with Crippen LogP contribution in [0.3, 0.4) is 0 Å². The van der Waals surface area contributed by atoms with Gasteiger partial charge in [-0.1, -0.05) is 24.3 Å². The highest BCUT2D eigenvalue weighted by Gasteiger charge is 2.39. The highest BCUT2D eigenvalue weighted by molar-refractivity contribution is 6.05. The molecule has 0 aromatic heterocycles. The van der Waals surface area contributed by atoms with Gasteiger partial charge in [-0.05, 0) is 79.3 Å². The van der Waals surface area contributed by atoms with Gasteiger partial charge in [-0.15, -0.1) is 0 Å². The summed E-state index contributed by atoms with van der Waals surface area (Å²) in [7, 11) is 1.76. The largest absolute Gasteiger partial charge is 0.490 e. The molecule has 0 unspecified atom stereocenters. The van der Waals surface area contributed by atoms with E-state index in [1.807, 2.05) is 18.2 Å². The molecule has 6 rings (SSSR count). The highest BCUT2D eigenvalue weighted by Crippen LogP contribution is 2.33. The standard InChI is InChI=1S/C33H32N4O5/c1-37-28-12-11-26(17-31(38)35-25-14-22-4-2-3-5-23(22)15-25)42-30(28)19-41-29-13-10-24(16-27(29)33(37)40)36-32(39)21-8-6-20(18-34)7-9-21/h2-10,13,16,25-26,28,30H,11-12,14-15,17,19H2,1H3,(H,35,38)(H,36,39)/t26-,28+,30-/m1/s1. The van der Waals surface area contributed by atoms with Crippen molar-refractivity contribution in [3.8, 4) is 11.8 Å². The summed E-state index contributed by atoms with van der Waals surface area (Å²) >= 11 is 0. The van der Waals surface area contributed by atoms with Crippen molar-refractivity contribution >= 4 is 23.4 Å². The average Bonchev–Trinajstić information content (AvgIpc) is 3.41. The van der Waals surface area contributed by atoms with E-state index in [1.54, 1.807) is 54.4 Å². The SMILES string of the molecule is CN1C(=O)c2cc(NC(=O)c3ccc(C#N)cc3)ccc2OC[C@H]2O[C@@H](CC(=O)NC3Cc4ccccc4C3)CC[C@@H]21. The molecule has 0 spiro atoms. The van der Waals surface area contributed by atoms with Gasteiger partial charge in [-0.2, -0.15) is 5.26 Å². The molecule has 3 atom stereocenters. The lowest BCUT2D eigenvalue weighted by Gasteiger charge is -2.42. The van der Waals surface area contributed by atoms with E-state index in [2.05, 4.69) is 22.8 Å². The van der Waals surface area contributed by atoms with Gasteiger partial charge in [0.1, 0.15) is 18.5 Å². The molecule has 2 aliphatic heterocycles. The summed E-state index contributed by atoms with van der Waals surface area (Å²) in [5, 5.41) is 15.0.